The van der Waals surface area contributed by atoms with E-state index in [1.807, 2.05) is 0 Å². The minimum Gasteiger partial charge on any atom is -1.00 e. The van der Waals surface area contributed by atoms with Crippen LogP contribution >= 0.6 is 7.82 Å². The van der Waals surface area contributed by atoms with Crippen LogP contribution in [0.1, 0.15) is 1.43 Å². The van der Waals surface area contributed by atoms with E-state index in [1.165, 1.54) is 0 Å². The monoisotopic (exact) mass is 280 g/mol. The van der Waals surface area contributed by atoms with E-state index in [1.54, 1.807) is 0 Å². The number of phosphoric ester groups is 1. The Labute approximate surface area is 119 Å². The second-order valence-corrected chi connectivity index (χ2v) is 4.04. The Morgan fingerprint density at radius 1 is 1.53 bits per heavy atom. The molecule has 0 aromatic carbocycles. The molecular weight excluding hydrogens is 270 g/mol. The Morgan fingerprint density at radius 2 is 2.06 bits per heavy atom. The third-order valence-corrected chi connectivity index (χ3v) is 2.09. The van der Waals surface area contributed by atoms with Crippen molar-refractivity contribution in [2.75, 3.05) is 6.61 Å². The van der Waals surface area contributed by atoms with Crippen LogP contribution < -0.4 is 29.6 Å². The van der Waals surface area contributed by atoms with Crippen molar-refractivity contribution in [3.63, 3.8) is 0 Å². The molecule has 0 bridgehead atoms. The predicted octanol–water partition coefficient (Wildman–Crippen LogP) is -4.74. The Kier molecular flexibility index (Phi) is 6.12. The second-order valence-electron chi connectivity index (χ2n) is 2.87. The summed E-state index contributed by atoms with van der Waals surface area (Å²) in [6.45, 7) is -0.814. The van der Waals surface area contributed by atoms with Crippen LogP contribution in [0.3, 0.4) is 0 Å². The van der Waals surface area contributed by atoms with Crippen molar-refractivity contribution in [1.29, 1.82) is 0 Å². The fourth-order valence-electron chi connectivity index (χ4n) is 1.02. The summed E-state index contributed by atoms with van der Waals surface area (Å²) in [4.78, 5) is 27.8. The summed E-state index contributed by atoms with van der Waals surface area (Å²) in [5.41, 5.74) is 0. The number of hydrogen-bond acceptors (Lipinski definition) is 7. The topological polar surface area (TPSA) is 154 Å². The Hall–Kier alpha value is -0.120. The quantitative estimate of drug-likeness (QED) is 0.194. The number of ether oxygens (including phenoxy) is 1. The van der Waals surface area contributed by atoms with E-state index in [0.29, 0.717) is 0 Å². The zero-order valence-corrected chi connectivity index (χ0v) is 11.6. The van der Waals surface area contributed by atoms with Crippen LogP contribution in [0.5, 0.6) is 0 Å². The minimum absolute atomic E-state index is 0. The van der Waals surface area contributed by atoms with E-state index in [-0.39, 0.29) is 31.0 Å². The van der Waals surface area contributed by atoms with Crippen molar-refractivity contribution < 1.29 is 74.7 Å². The fourth-order valence-corrected chi connectivity index (χ4v) is 1.42. The molecule has 0 radical (unpaired) electrons. The number of hydrogen-bond donors (Lipinski definition) is 5. The van der Waals surface area contributed by atoms with Crippen molar-refractivity contribution in [2.45, 2.75) is 12.2 Å². The summed E-state index contributed by atoms with van der Waals surface area (Å²) >= 11 is 0. The maximum Gasteiger partial charge on any atom is 1.00 e. The van der Waals surface area contributed by atoms with Gasteiger partial charge in [-0.15, -0.1) is 0 Å². The van der Waals surface area contributed by atoms with E-state index in [9.17, 15) is 14.5 Å². The van der Waals surface area contributed by atoms with Crippen LogP contribution in [0.2, 0.25) is 0 Å². The maximum absolute atomic E-state index is 11.0. The first kappa shape index (κ1) is 16.9. The standard InChI is InChI=1S/C6H9O9P.Na.H/c7-1-2(8)4-3(9)5(6(10)14-4)15-16(11,12)13;;/h2,4,7-9H,1H2,(H2,11,12,13);;/q;+1;-1/t2-,4+;;/m0../s1. The molecule has 2 atom stereocenters. The van der Waals surface area contributed by atoms with Gasteiger partial charge in [0.15, 0.2) is 11.9 Å². The number of aliphatic hydroxyl groups is 3. The molecule has 0 aromatic heterocycles. The molecule has 0 saturated heterocycles. The first-order valence-electron chi connectivity index (χ1n) is 3.94. The van der Waals surface area contributed by atoms with Crippen molar-refractivity contribution in [3.05, 3.63) is 11.5 Å². The van der Waals surface area contributed by atoms with E-state index in [0.717, 1.165) is 0 Å². The van der Waals surface area contributed by atoms with Gasteiger partial charge in [0.2, 0.25) is 0 Å². The molecular formula is C6H10NaO9P. The van der Waals surface area contributed by atoms with E-state index < -0.39 is 44.1 Å². The van der Waals surface area contributed by atoms with E-state index >= 15 is 0 Å². The molecule has 0 spiro atoms. The van der Waals surface area contributed by atoms with Gasteiger partial charge in [0.1, 0.15) is 6.10 Å². The largest absolute Gasteiger partial charge is 1.00 e. The molecule has 1 aliphatic heterocycles. The average Bonchev–Trinajstić information content (AvgIpc) is 2.42. The van der Waals surface area contributed by atoms with Gasteiger partial charge in [-0.05, 0) is 0 Å². The molecule has 5 N–H and O–H groups in total. The Balaban J connectivity index is 0. The first-order valence-corrected chi connectivity index (χ1v) is 5.47. The van der Waals surface area contributed by atoms with Gasteiger partial charge in [-0.25, -0.2) is 9.36 Å². The average molecular weight is 280 g/mol. The summed E-state index contributed by atoms with van der Waals surface area (Å²) in [5, 5.41) is 26.9. The third kappa shape index (κ3) is 4.23. The molecule has 0 aromatic rings. The van der Waals surface area contributed by atoms with E-state index in [2.05, 4.69) is 9.26 Å². The number of aliphatic hydroxyl groups excluding tert-OH is 3. The van der Waals surface area contributed by atoms with Crippen molar-refractivity contribution in [1.82, 2.24) is 0 Å². The van der Waals surface area contributed by atoms with Crippen molar-refractivity contribution in [2.24, 2.45) is 0 Å². The van der Waals surface area contributed by atoms with E-state index in [4.69, 9.17) is 20.0 Å². The predicted molar refractivity (Wildman–Crippen MR) is 46.9 cm³/mol. The zero-order valence-electron chi connectivity index (χ0n) is 9.68. The number of carbonyl (C=O) groups is 1. The molecule has 1 rings (SSSR count). The SMILES string of the molecule is O=C1O[C@H]([C@@H](O)CO)C(O)=C1OP(=O)(O)O.[H-].[Na+]. The van der Waals surface area contributed by atoms with Crippen molar-refractivity contribution in [3.8, 4) is 0 Å². The number of carbonyl (C=O) groups excluding carboxylic acids is 1. The molecule has 0 saturated carbocycles. The molecule has 1 aliphatic rings. The van der Waals surface area contributed by atoms with Crippen LogP contribution in [0.4, 0.5) is 0 Å². The van der Waals surface area contributed by atoms with Gasteiger partial charge >= 0.3 is 43.3 Å². The van der Waals surface area contributed by atoms with Crippen LogP contribution in [-0.2, 0) is 18.6 Å². The van der Waals surface area contributed by atoms with Gasteiger partial charge in [-0.2, -0.15) is 0 Å². The van der Waals surface area contributed by atoms with Crippen LogP contribution in [0.25, 0.3) is 0 Å². The number of cyclic esters (lactones) is 1. The van der Waals surface area contributed by atoms with Gasteiger partial charge in [0.05, 0.1) is 6.61 Å². The van der Waals surface area contributed by atoms with Crippen LogP contribution in [-0.4, -0.2) is 49.9 Å². The number of esters is 1. The fraction of sp³-hybridized carbons (Fsp3) is 0.500. The molecule has 17 heavy (non-hydrogen) atoms. The molecule has 0 fully saturated rings. The molecule has 0 amide bonds. The van der Waals surface area contributed by atoms with Crippen LogP contribution in [0.15, 0.2) is 11.5 Å². The Bertz CT molecular complexity index is 379. The molecule has 1 heterocycles. The summed E-state index contributed by atoms with van der Waals surface area (Å²) in [6, 6.07) is 0. The molecule has 0 unspecified atom stereocenters. The third-order valence-electron chi connectivity index (χ3n) is 1.67. The summed E-state index contributed by atoms with van der Waals surface area (Å²) in [7, 11) is -5.02. The van der Waals surface area contributed by atoms with Gasteiger partial charge < -0.3 is 26.0 Å². The summed E-state index contributed by atoms with van der Waals surface area (Å²) < 4.78 is 18.7. The minimum atomic E-state index is -5.02. The molecule has 11 heteroatoms. The Morgan fingerprint density at radius 3 is 2.47 bits per heavy atom. The van der Waals surface area contributed by atoms with Gasteiger partial charge in [0.25, 0.3) is 5.76 Å². The molecule has 9 nitrogen and oxygen atoms in total. The van der Waals surface area contributed by atoms with Crippen molar-refractivity contribution >= 4 is 13.8 Å². The van der Waals surface area contributed by atoms with Gasteiger partial charge in [0, 0.05) is 0 Å². The summed E-state index contributed by atoms with van der Waals surface area (Å²) in [5.74, 6) is -3.39. The van der Waals surface area contributed by atoms with Gasteiger partial charge in [-0.1, -0.05) is 0 Å². The normalized spacial score (nSPS) is 21.9. The van der Waals surface area contributed by atoms with Crippen LogP contribution in [0, 0.1) is 0 Å². The molecule has 0 aliphatic carbocycles. The molecule has 94 valence electrons. The maximum atomic E-state index is 11.0. The smallest absolute Gasteiger partial charge is 1.00 e. The summed E-state index contributed by atoms with van der Waals surface area (Å²) in [6.07, 6.45) is -3.21. The van der Waals surface area contributed by atoms with Gasteiger partial charge in [-0.3, -0.25) is 9.79 Å². The first-order chi connectivity index (χ1) is 7.26. The number of rotatable bonds is 4. The zero-order chi connectivity index (χ0) is 12.5. The number of phosphoric acid groups is 1. The second kappa shape index (κ2) is 6.17.